The summed E-state index contributed by atoms with van der Waals surface area (Å²) in [5, 5.41) is 7.13. The second kappa shape index (κ2) is 5.22. The van der Waals surface area contributed by atoms with Gasteiger partial charge in [-0.25, -0.2) is 9.67 Å². The number of nitrogens with one attached hydrogen (secondary N) is 1. The maximum Gasteiger partial charge on any atom is 0.227 e. The Labute approximate surface area is 111 Å². The van der Waals surface area contributed by atoms with Crippen molar-refractivity contribution >= 4 is 11.6 Å². The second-order valence-electron chi connectivity index (χ2n) is 4.83. The molecular weight excluding hydrogens is 240 g/mol. The number of carbonyl (C=O) groups is 1. The molecule has 0 bridgehead atoms. The van der Waals surface area contributed by atoms with Crippen molar-refractivity contribution < 1.29 is 4.79 Å². The molecule has 0 aromatic carbocycles. The third-order valence-corrected chi connectivity index (χ3v) is 3.46. The van der Waals surface area contributed by atoms with E-state index in [1.165, 1.54) is 0 Å². The van der Waals surface area contributed by atoms with Crippen LogP contribution in [-0.2, 0) is 4.79 Å². The van der Waals surface area contributed by atoms with Crippen molar-refractivity contribution in [3.8, 4) is 5.82 Å². The predicted octanol–water partition coefficient (Wildman–Crippen LogP) is 2.40. The lowest BCUT2D eigenvalue weighted by atomic mass is 10.1. The topological polar surface area (TPSA) is 59.8 Å². The van der Waals surface area contributed by atoms with E-state index in [1.807, 2.05) is 18.2 Å². The van der Waals surface area contributed by atoms with Crippen LogP contribution in [0.2, 0.25) is 0 Å². The van der Waals surface area contributed by atoms with Gasteiger partial charge in [-0.3, -0.25) is 4.79 Å². The van der Waals surface area contributed by atoms with E-state index in [4.69, 9.17) is 0 Å². The first kappa shape index (κ1) is 11.9. The van der Waals surface area contributed by atoms with E-state index in [0.29, 0.717) is 0 Å². The van der Waals surface area contributed by atoms with E-state index in [0.717, 1.165) is 37.2 Å². The highest BCUT2D eigenvalue weighted by molar-refractivity contribution is 5.92. The molecule has 19 heavy (non-hydrogen) atoms. The Morgan fingerprint density at radius 1 is 1.32 bits per heavy atom. The molecule has 1 amide bonds. The second-order valence-corrected chi connectivity index (χ2v) is 4.83. The molecule has 3 rings (SSSR count). The van der Waals surface area contributed by atoms with Gasteiger partial charge in [0, 0.05) is 12.1 Å². The van der Waals surface area contributed by atoms with Crippen molar-refractivity contribution in [2.75, 3.05) is 5.32 Å². The minimum atomic E-state index is 0.109. The Balaban J connectivity index is 1.70. The smallest absolute Gasteiger partial charge is 0.227 e. The lowest BCUT2D eigenvalue weighted by molar-refractivity contribution is -0.119. The molecule has 2 heterocycles. The predicted molar refractivity (Wildman–Crippen MR) is 71.9 cm³/mol. The highest BCUT2D eigenvalue weighted by atomic mass is 16.1. The summed E-state index contributed by atoms with van der Waals surface area (Å²) in [7, 11) is 0. The minimum Gasteiger partial charge on any atom is -0.323 e. The van der Waals surface area contributed by atoms with Crippen LogP contribution in [0.5, 0.6) is 0 Å². The Kier molecular flexibility index (Phi) is 3.27. The monoisotopic (exact) mass is 256 g/mol. The molecule has 98 valence electrons. The molecule has 1 N–H and O–H groups in total. The van der Waals surface area contributed by atoms with Gasteiger partial charge in [-0.15, -0.1) is 0 Å². The number of anilines is 1. The average Bonchev–Trinajstić information content (AvgIpc) is 3.11. The first-order valence-electron chi connectivity index (χ1n) is 6.60. The zero-order chi connectivity index (χ0) is 13.1. The van der Waals surface area contributed by atoms with Crippen LogP contribution in [0, 0.1) is 5.92 Å². The molecular formula is C14H16N4O. The van der Waals surface area contributed by atoms with Crippen LogP contribution < -0.4 is 5.32 Å². The quantitative estimate of drug-likeness (QED) is 0.917. The number of pyridine rings is 1. The molecule has 0 spiro atoms. The molecule has 1 aliphatic carbocycles. The van der Waals surface area contributed by atoms with Gasteiger partial charge in [0.05, 0.1) is 18.1 Å². The van der Waals surface area contributed by atoms with Gasteiger partial charge in [-0.2, -0.15) is 5.10 Å². The van der Waals surface area contributed by atoms with Crippen LogP contribution in [0.4, 0.5) is 5.69 Å². The van der Waals surface area contributed by atoms with Crippen molar-refractivity contribution in [1.82, 2.24) is 14.8 Å². The Hall–Kier alpha value is -2.17. The third-order valence-electron chi connectivity index (χ3n) is 3.46. The van der Waals surface area contributed by atoms with Crippen molar-refractivity contribution in [3.63, 3.8) is 0 Å². The van der Waals surface area contributed by atoms with Gasteiger partial charge in [0.25, 0.3) is 0 Å². The molecule has 0 atom stereocenters. The van der Waals surface area contributed by atoms with Crippen LogP contribution in [-0.4, -0.2) is 20.7 Å². The molecule has 0 saturated heterocycles. The molecule has 5 nitrogen and oxygen atoms in total. The van der Waals surface area contributed by atoms with E-state index < -0.39 is 0 Å². The third kappa shape index (κ3) is 2.65. The molecule has 1 aliphatic rings. The molecule has 0 aliphatic heterocycles. The summed E-state index contributed by atoms with van der Waals surface area (Å²) in [4.78, 5) is 16.2. The number of amides is 1. The number of rotatable bonds is 3. The van der Waals surface area contributed by atoms with Crippen LogP contribution in [0.1, 0.15) is 25.7 Å². The number of hydrogen-bond acceptors (Lipinski definition) is 3. The van der Waals surface area contributed by atoms with Crippen LogP contribution in [0.3, 0.4) is 0 Å². The van der Waals surface area contributed by atoms with Crippen molar-refractivity contribution in [2.24, 2.45) is 5.92 Å². The summed E-state index contributed by atoms with van der Waals surface area (Å²) in [6, 6.07) is 5.63. The summed E-state index contributed by atoms with van der Waals surface area (Å²) in [5.74, 6) is 1.01. The summed E-state index contributed by atoms with van der Waals surface area (Å²) in [5.41, 5.74) is 0.725. The first-order valence-corrected chi connectivity index (χ1v) is 6.60. The van der Waals surface area contributed by atoms with Crippen molar-refractivity contribution in [1.29, 1.82) is 0 Å². The van der Waals surface area contributed by atoms with E-state index in [2.05, 4.69) is 15.4 Å². The Bertz CT molecular complexity index is 558. The zero-order valence-corrected chi connectivity index (χ0v) is 10.6. The molecule has 1 fully saturated rings. The van der Waals surface area contributed by atoms with Crippen LogP contribution >= 0.6 is 0 Å². The van der Waals surface area contributed by atoms with E-state index >= 15 is 0 Å². The summed E-state index contributed by atoms with van der Waals surface area (Å²) < 4.78 is 1.66. The number of carbonyl (C=O) groups excluding carboxylic acids is 1. The van der Waals surface area contributed by atoms with Gasteiger partial charge in [-0.1, -0.05) is 18.9 Å². The first-order chi connectivity index (χ1) is 9.33. The molecule has 2 aromatic rings. The Morgan fingerprint density at radius 2 is 2.16 bits per heavy atom. The number of aromatic nitrogens is 3. The number of nitrogens with zero attached hydrogens (tertiary/aromatic N) is 3. The molecule has 0 unspecified atom stereocenters. The van der Waals surface area contributed by atoms with Gasteiger partial charge in [0.1, 0.15) is 0 Å². The zero-order valence-electron chi connectivity index (χ0n) is 10.6. The maximum atomic E-state index is 12.0. The SMILES string of the molecule is O=C(Nc1cnn(-c2ccccn2)c1)C1CCCC1. The van der Waals surface area contributed by atoms with Gasteiger partial charge < -0.3 is 5.32 Å². The normalized spacial score (nSPS) is 15.6. The largest absolute Gasteiger partial charge is 0.323 e. The molecule has 2 aromatic heterocycles. The molecule has 1 saturated carbocycles. The van der Waals surface area contributed by atoms with Crippen molar-refractivity contribution in [2.45, 2.75) is 25.7 Å². The summed E-state index contributed by atoms with van der Waals surface area (Å²) >= 11 is 0. The number of hydrogen-bond donors (Lipinski definition) is 1. The fourth-order valence-corrected chi connectivity index (χ4v) is 2.43. The van der Waals surface area contributed by atoms with E-state index in [-0.39, 0.29) is 11.8 Å². The minimum absolute atomic E-state index is 0.109. The van der Waals surface area contributed by atoms with Crippen molar-refractivity contribution in [3.05, 3.63) is 36.8 Å². The average molecular weight is 256 g/mol. The van der Waals surface area contributed by atoms with E-state index in [9.17, 15) is 4.79 Å². The highest BCUT2D eigenvalue weighted by Crippen LogP contribution is 2.25. The standard InChI is InChI=1S/C14H16N4O/c19-14(11-5-1-2-6-11)17-12-9-16-18(10-12)13-7-3-4-8-15-13/h3-4,7-11H,1-2,5-6H2,(H,17,19). The lowest BCUT2D eigenvalue weighted by Crippen LogP contribution is -2.19. The lowest BCUT2D eigenvalue weighted by Gasteiger charge is -2.07. The van der Waals surface area contributed by atoms with E-state index in [1.54, 1.807) is 23.3 Å². The fourth-order valence-electron chi connectivity index (χ4n) is 2.43. The van der Waals surface area contributed by atoms with Crippen LogP contribution in [0.25, 0.3) is 5.82 Å². The van der Waals surface area contributed by atoms with Gasteiger partial charge >= 0.3 is 0 Å². The fraction of sp³-hybridized carbons (Fsp3) is 0.357. The molecule has 0 radical (unpaired) electrons. The van der Waals surface area contributed by atoms with Crippen LogP contribution in [0.15, 0.2) is 36.8 Å². The van der Waals surface area contributed by atoms with Gasteiger partial charge in [0.2, 0.25) is 5.91 Å². The summed E-state index contributed by atoms with van der Waals surface area (Å²) in [6.45, 7) is 0. The molecule has 5 heteroatoms. The summed E-state index contributed by atoms with van der Waals surface area (Å²) in [6.07, 6.45) is 9.47. The highest BCUT2D eigenvalue weighted by Gasteiger charge is 2.22. The van der Waals surface area contributed by atoms with Gasteiger partial charge in [0.15, 0.2) is 5.82 Å². The maximum absolute atomic E-state index is 12.0. The Morgan fingerprint density at radius 3 is 2.89 bits per heavy atom. The van der Waals surface area contributed by atoms with Gasteiger partial charge in [-0.05, 0) is 25.0 Å².